The van der Waals surface area contributed by atoms with Gasteiger partial charge in [0.25, 0.3) is 5.91 Å². The van der Waals surface area contributed by atoms with Gasteiger partial charge in [-0.05, 0) is 59.2 Å². The van der Waals surface area contributed by atoms with Gasteiger partial charge in [0.05, 0.1) is 18.8 Å². The summed E-state index contributed by atoms with van der Waals surface area (Å²) in [6.45, 7) is 11.5. The predicted molar refractivity (Wildman–Crippen MR) is 105 cm³/mol. The molecule has 156 valence electrons. The van der Waals surface area contributed by atoms with Crippen molar-refractivity contribution in [1.82, 2.24) is 10.6 Å². The molecule has 0 aliphatic rings. The number of carbonyl (C=O) groups is 3. The monoisotopic (exact) mass is 394 g/mol. The van der Waals surface area contributed by atoms with E-state index >= 15 is 0 Å². The number of hydrogen-bond acceptors (Lipinski definition) is 6. The lowest BCUT2D eigenvalue weighted by Gasteiger charge is -2.21. The molecule has 28 heavy (non-hydrogen) atoms. The molecule has 0 fully saturated rings. The average Bonchev–Trinajstić information content (AvgIpc) is 2.58. The number of amides is 3. The number of ether oxygens (including phenoxy) is 3. The van der Waals surface area contributed by atoms with Gasteiger partial charge in [0.15, 0.2) is 17.6 Å². The van der Waals surface area contributed by atoms with Crippen molar-refractivity contribution >= 4 is 17.9 Å². The SMILES string of the molecule is CCCOc1ccc(C(=O)OC(C)C(=O)NC(=O)NC(C)(C)C)cc1OCC. The van der Waals surface area contributed by atoms with Gasteiger partial charge in [-0.3, -0.25) is 10.1 Å². The van der Waals surface area contributed by atoms with Crippen LogP contribution in [0.15, 0.2) is 18.2 Å². The Hall–Kier alpha value is -2.77. The maximum atomic E-state index is 12.4. The standard InChI is InChI=1S/C20H30N2O6/c1-7-11-27-15-10-9-14(12-16(15)26-8-2)18(24)28-13(3)17(23)21-19(25)22-20(4,5)6/h9-10,12-13H,7-8,11H2,1-6H3,(H2,21,22,23,25). The normalized spacial score (nSPS) is 11.9. The van der Waals surface area contributed by atoms with E-state index in [0.29, 0.717) is 24.7 Å². The zero-order valence-corrected chi connectivity index (χ0v) is 17.4. The van der Waals surface area contributed by atoms with Crippen LogP contribution in [0, 0.1) is 0 Å². The summed E-state index contributed by atoms with van der Waals surface area (Å²) in [7, 11) is 0. The summed E-state index contributed by atoms with van der Waals surface area (Å²) in [5.74, 6) is -0.471. The highest BCUT2D eigenvalue weighted by Gasteiger charge is 2.23. The van der Waals surface area contributed by atoms with Gasteiger partial charge in [-0.1, -0.05) is 6.92 Å². The maximum Gasteiger partial charge on any atom is 0.339 e. The third-order valence-electron chi connectivity index (χ3n) is 3.32. The highest BCUT2D eigenvalue weighted by Crippen LogP contribution is 2.29. The van der Waals surface area contributed by atoms with Crippen LogP contribution in [0.1, 0.15) is 58.3 Å². The fourth-order valence-electron chi connectivity index (χ4n) is 2.10. The first-order valence-corrected chi connectivity index (χ1v) is 9.31. The van der Waals surface area contributed by atoms with Gasteiger partial charge >= 0.3 is 12.0 Å². The molecule has 0 aromatic heterocycles. The summed E-state index contributed by atoms with van der Waals surface area (Å²) in [5.41, 5.74) is -0.284. The Bertz CT molecular complexity index is 696. The molecule has 0 aliphatic heterocycles. The molecule has 1 rings (SSSR count). The molecule has 0 aliphatic carbocycles. The van der Waals surface area contributed by atoms with Crippen molar-refractivity contribution in [3.05, 3.63) is 23.8 Å². The molecule has 0 saturated carbocycles. The molecular formula is C20H30N2O6. The second-order valence-electron chi connectivity index (χ2n) is 7.18. The van der Waals surface area contributed by atoms with Crippen molar-refractivity contribution < 1.29 is 28.6 Å². The maximum absolute atomic E-state index is 12.4. The van der Waals surface area contributed by atoms with Crippen molar-refractivity contribution in [2.24, 2.45) is 0 Å². The van der Waals surface area contributed by atoms with Crippen molar-refractivity contribution in [3.8, 4) is 11.5 Å². The van der Waals surface area contributed by atoms with Crippen LogP contribution in [0.2, 0.25) is 0 Å². The third kappa shape index (κ3) is 7.85. The fraction of sp³-hybridized carbons (Fsp3) is 0.550. The van der Waals surface area contributed by atoms with Crippen LogP contribution in [0.3, 0.4) is 0 Å². The fourth-order valence-corrected chi connectivity index (χ4v) is 2.10. The van der Waals surface area contributed by atoms with Crippen molar-refractivity contribution in [2.45, 2.75) is 59.6 Å². The van der Waals surface area contributed by atoms with Gasteiger partial charge < -0.3 is 19.5 Å². The molecule has 1 unspecified atom stereocenters. The highest BCUT2D eigenvalue weighted by molar-refractivity contribution is 5.98. The number of esters is 1. The van der Waals surface area contributed by atoms with Crippen LogP contribution < -0.4 is 20.1 Å². The van der Waals surface area contributed by atoms with E-state index in [1.807, 2.05) is 13.8 Å². The Morgan fingerprint density at radius 2 is 1.75 bits per heavy atom. The minimum atomic E-state index is -1.15. The molecule has 1 aromatic rings. The Morgan fingerprint density at radius 3 is 2.32 bits per heavy atom. The molecule has 8 heteroatoms. The smallest absolute Gasteiger partial charge is 0.339 e. The summed E-state index contributed by atoms with van der Waals surface area (Å²) in [6, 6.07) is 4.01. The number of benzene rings is 1. The second-order valence-corrected chi connectivity index (χ2v) is 7.18. The highest BCUT2D eigenvalue weighted by atomic mass is 16.5. The van der Waals surface area contributed by atoms with E-state index in [9.17, 15) is 14.4 Å². The molecule has 1 aromatic carbocycles. The molecule has 1 atom stereocenters. The Labute approximate surface area is 165 Å². The van der Waals surface area contributed by atoms with Crippen LogP contribution >= 0.6 is 0 Å². The predicted octanol–water partition coefficient (Wildman–Crippen LogP) is 3.04. The third-order valence-corrected chi connectivity index (χ3v) is 3.32. The number of nitrogens with one attached hydrogen (secondary N) is 2. The number of imide groups is 1. The van der Waals surface area contributed by atoms with E-state index in [0.717, 1.165) is 6.42 Å². The molecule has 0 heterocycles. The molecule has 0 saturated heterocycles. The van der Waals surface area contributed by atoms with Crippen LogP contribution in [-0.4, -0.2) is 42.8 Å². The van der Waals surface area contributed by atoms with Crippen molar-refractivity contribution in [1.29, 1.82) is 0 Å². The van der Waals surface area contributed by atoms with Crippen molar-refractivity contribution in [3.63, 3.8) is 0 Å². The van der Waals surface area contributed by atoms with E-state index in [4.69, 9.17) is 14.2 Å². The summed E-state index contributed by atoms with van der Waals surface area (Å²) < 4.78 is 16.3. The zero-order valence-electron chi connectivity index (χ0n) is 17.4. The van der Waals surface area contributed by atoms with Crippen LogP contribution in [0.5, 0.6) is 11.5 Å². The van der Waals surface area contributed by atoms with Gasteiger partial charge in [-0.2, -0.15) is 0 Å². The lowest BCUT2D eigenvalue weighted by atomic mass is 10.1. The summed E-state index contributed by atoms with van der Waals surface area (Å²) in [5, 5.41) is 4.74. The average molecular weight is 394 g/mol. The first-order valence-electron chi connectivity index (χ1n) is 9.31. The molecule has 0 radical (unpaired) electrons. The molecule has 0 spiro atoms. The second kappa shape index (κ2) is 10.5. The zero-order chi connectivity index (χ0) is 21.3. The molecule has 8 nitrogen and oxygen atoms in total. The van der Waals surface area contributed by atoms with Crippen LogP contribution in [0.4, 0.5) is 4.79 Å². The van der Waals surface area contributed by atoms with Gasteiger partial charge in [-0.25, -0.2) is 9.59 Å². The number of rotatable bonds is 8. The lowest BCUT2D eigenvalue weighted by Crippen LogP contribution is -2.50. The molecule has 0 bridgehead atoms. The van der Waals surface area contributed by atoms with Crippen molar-refractivity contribution in [2.75, 3.05) is 13.2 Å². The number of hydrogen-bond donors (Lipinski definition) is 2. The Morgan fingerprint density at radius 1 is 1.07 bits per heavy atom. The summed E-state index contributed by atoms with van der Waals surface area (Å²) >= 11 is 0. The van der Waals surface area contributed by atoms with E-state index in [2.05, 4.69) is 10.6 Å². The Balaban J connectivity index is 2.76. The van der Waals surface area contributed by atoms with Crippen LogP contribution in [0.25, 0.3) is 0 Å². The van der Waals surface area contributed by atoms with Gasteiger partial charge in [-0.15, -0.1) is 0 Å². The minimum Gasteiger partial charge on any atom is -0.490 e. The summed E-state index contributed by atoms with van der Waals surface area (Å²) in [4.78, 5) is 36.2. The Kier molecular flexibility index (Phi) is 8.76. The minimum absolute atomic E-state index is 0.214. The van der Waals surface area contributed by atoms with Gasteiger partial charge in [0, 0.05) is 5.54 Å². The molecule has 3 amide bonds. The van der Waals surface area contributed by atoms with E-state index < -0.39 is 29.6 Å². The van der Waals surface area contributed by atoms with E-state index in [-0.39, 0.29) is 5.56 Å². The lowest BCUT2D eigenvalue weighted by molar-refractivity contribution is -0.127. The summed E-state index contributed by atoms with van der Waals surface area (Å²) in [6.07, 6.45) is -0.310. The largest absolute Gasteiger partial charge is 0.490 e. The first kappa shape index (κ1) is 23.3. The van der Waals surface area contributed by atoms with E-state index in [1.165, 1.54) is 19.1 Å². The topological polar surface area (TPSA) is 103 Å². The number of carbonyl (C=O) groups excluding carboxylic acids is 3. The quantitative estimate of drug-likeness (QED) is 0.657. The molecular weight excluding hydrogens is 364 g/mol. The molecule has 2 N–H and O–H groups in total. The van der Waals surface area contributed by atoms with E-state index in [1.54, 1.807) is 26.8 Å². The van der Waals surface area contributed by atoms with Gasteiger partial charge in [0.2, 0.25) is 0 Å². The number of urea groups is 1. The first-order chi connectivity index (χ1) is 13.1. The van der Waals surface area contributed by atoms with Gasteiger partial charge in [0.1, 0.15) is 0 Å². The van der Waals surface area contributed by atoms with Crippen LogP contribution in [-0.2, 0) is 9.53 Å².